The number of rotatable bonds is 3. The zero-order valence-electron chi connectivity index (χ0n) is 8.78. The quantitative estimate of drug-likeness (QED) is 0.787. The molecule has 15 heavy (non-hydrogen) atoms. The molecule has 1 aliphatic heterocycles. The van der Waals surface area contributed by atoms with Crippen molar-refractivity contribution in [3.05, 3.63) is 35.9 Å². The standard InChI is InChI=1S/C12H15BrO2/c1-2-11-8-14-12(9-13,15-11)10-6-4-3-5-7-10/h3-7,11H,2,8-9H2,1H3. The van der Waals surface area contributed by atoms with Crippen molar-refractivity contribution >= 4 is 15.9 Å². The van der Waals surface area contributed by atoms with Crippen LogP contribution in [0.4, 0.5) is 0 Å². The van der Waals surface area contributed by atoms with Crippen LogP contribution in [0.2, 0.25) is 0 Å². The highest BCUT2D eigenvalue weighted by Gasteiger charge is 2.41. The molecule has 0 aromatic heterocycles. The van der Waals surface area contributed by atoms with Crippen LogP contribution in [-0.2, 0) is 15.3 Å². The number of ether oxygens (including phenoxy) is 2. The molecule has 0 radical (unpaired) electrons. The minimum atomic E-state index is -0.581. The molecule has 1 aliphatic rings. The molecule has 2 unspecified atom stereocenters. The minimum absolute atomic E-state index is 0.211. The maximum atomic E-state index is 5.96. The van der Waals surface area contributed by atoms with Crippen molar-refractivity contribution in [2.24, 2.45) is 0 Å². The summed E-state index contributed by atoms with van der Waals surface area (Å²) in [7, 11) is 0. The van der Waals surface area contributed by atoms with Crippen molar-refractivity contribution in [2.75, 3.05) is 11.9 Å². The fourth-order valence-corrected chi connectivity index (χ4v) is 2.37. The first kappa shape index (κ1) is 11.1. The van der Waals surface area contributed by atoms with Crippen molar-refractivity contribution in [2.45, 2.75) is 25.2 Å². The topological polar surface area (TPSA) is 18.5 Å². The fourth-order valence-electron chi connectivity index (χ4n) is 1.76. The van der Waals surface area contributed by atoms with Crippen LogP contribution in [0.25, 0.3) is 0 Å². The fraction of sp³-hybridized carbons (Fsp3) is 0.500. The first-order chi connectivity index (χ1) is 7.30. The molecular weight excluding hydrogens is 256 g/mol. The molecule has 1 aromatic carbocycles. The van der Waals surface area contributed by atoms with E-state index in [1.165, 1.54) is 0 Å². The summed E-state index contributed by atoms with van der Waals surface area (Å²) in [5.74, 6) is -0.581. The molecule has 0 amide bonds. The van der Waals surface area contributed by atoms with Crippen LogP contribution in [0.3, 0.4) is 0 Å². The molecule has 0 bridgehead atoms. The van der Waals surface area contributed by atoms with E-state index >= 15 is 0 Å². The van der Waals surface area contributed by atoms with E-state index in [4.69, 9.17) is 9.47 Å². The van der Waals surface area contributed by atoms with Crippen molar-refractivity contribution in [3.63, 3.8) is 0 Å². The Hall–Kier alpha value is -0.380. The van der Waals surface area contributed by atoms with Gasteiger partial charge in [0.15, 0.2) is 0 Å². The van der Waals surface area contributed by atoms with Gasteiger partial charge in [0.25, 0.3) is 0 Å². The van der Waals surface area contributed by atoms with Gasteiger partial charge in [-0.25, -0.2) is 0 Å². The van der Waals surface area contributed by atoms with Crippen LogP contribution in [0.1, 0.15) is 18.9 Å². The van der Waals surface area contributed by atoms with Gasteiger partial charge >= 0.3 is 0 Å². The van der Waals surface area contributed by atoms with Crippen LogP contribution in [-0.4, -0.2) is 18.0 Å². The lowest BCUT2D eigenvalue weighted by Gasteiger charge is -2.26. The van der Waals surface area contributed by atoms with Gasteiger partial charge in [0, 0.05) is 5.56 Å². The summed E-state index contributed by atoms with van der Waals surface area (Å²) in [4.78, 5) is 0. The average molecular weight is 271 g/mol. The van der Waals surface area contributed by atoms with E-state index in [2.05, 4.69) is 22.9 Å². The highest BCUT2D eigenvalue weighted by Crippen LogP contribution is 2.36. The van der Waals surface area contributed by atoms with Gasteiger partial charge < -0.3 is 9.47 Å². The Labute approximate surface area is 98.7 Å². The first-order valence-electron chi connectivity index (χ1n) is 5.24. The molecule has 0 saturated carbocycles. The molecule has 0 aliphatic carbocycles. The Balaban J connectivity index is 2.24. The van der Waals surface area contributed by atoms with Gasteiger partial charge in [-0.3, -0.25) is 0 Å². The summed E-state index contributed by atoms with van der Waals surface area (Å²) < 4.78 is 11.8. The largest absolute Gasteiger partial charge is 0.342 e. The van der Waals surface area contributed by atoms with Crippen molar-refractivity contribution < 1.29 is 9.47 Å². The third kappa shape index (κ3) is 2.10. The molecule has 1 heterocycles. The van der Waals surface area contributed by atoms with Gasteiger partial charge in [-0.05, 0) is 6.42 Å². The summed E-state index contributed by atoms with van der Waals surface area (Å²) in [5, 5.41) is 0.667. The predicted octanol–water partition coefficient (Wildman–Crippen LogP) is 3.06. The molecule has 2 rings (SSSR count). The second-order valence-electron chi connectivity index (χ2n) is 3.71. The van der Waals surface area contributed by atoms with Crippen LogP contribution < -0.4 is 0 Å². The van der Waals surface area contributed by atoms with E-state index < -0.39 is 5.79 Å². The average Bonchev–Trinajstić information content (AvgIpc) is 2.75. The summed E-state index contributed by atoms with van der Waals surface area (Å²) in [6.45, 7) is 2.79. The number of hydrogen-bond donors (Lipinski definition) is 0. The van der Waals surface area contributed by atoms with E-state index in [9.17, 15) is 0 Å². The summed E-state index contributed by atoms with van der Waals surface area (Å²) in [6.07, 6.45) is 1.20. The number of alkyl halides is 1. The van der Waals surface area contributed by atoms with E-state index in [1.807, 2.05) is 30.3 Å². The molecule has 1 aromatic rings. The number of hydrogen-bond acceptors (Lipinski definition) is 2. The zero-order valence-corrected chi connectivity index (χ0v) is 10.4. The third-order valence-corrected chi connectivity index (χ3v) is 3.44. The van der Waals surface area contributed by atoms with E-state index in [1.54, 1.807) is 0 Å². The van der Waals surface area contributed by atoms with Gasteiger partial charge in [-0.1, -0.05) is 53.2 Å². The lowest BCUT2D eigenvalue weighted by Crippen LogP contribution is -2.29. The Kier molecular flexibility index (Phi) is 3.44. The molecule has 3 heteroatoms. The molecule has 0 N–H and O–H groups in total. The van der Waals surface area contributed by atoms with Crippen LogP contribution in [0, 0.1) is 0 Å². The lowest BCUT2D eigenvalue weighted by atomic mass is 10.1. The first-order valence-corrected chi connectivity index (χ1v) is 6.36. The Morgan fingerprint density at radius 3 is 2.67 bits per heavy atom. The molecular formula is C12H15BrO2. The zero-order chi connectivity index (χ0) is 10.7. The molecule has 82 valence electrons. The second kappa shape index (κ2) is 4.64. The molecule has 2 atom stereocenters. The van der Waals surface area contributed by atoms with E-state index in [0.29, 0.717) is 11.9 Å². The Morgan fingerprint density at radius 2 is 2.13 bits per heavy atom. The minimum Gasteiger partial charge on any atom is -0.342 e. The van der Waals surface area contributed by atoms with Crippen LogP contribution in [0.15, 0.2) is 30.3 Å². The number of benzene rings is 1. The Morgan fingerprint density at radius 1 is 1.40 bits per heavy atom. The van der Waals surface area contributed by atoms with Crippen LogP contribution >= 0.6 is 15.9 Å². The van der Waals surface area contributed by atoms with Crippen LogP contribution in [0.5, 0.6) is 0 Å². The normalized spacial score (nSPS) is 30.7. The molecule has 0 spiro atoms. The monoisotopic (exact) mass is 270 g/mol. The van der Waals surface area contributed by atoms with Crippen molar-refractivity contribution in [3.8, 4) is 0 Å². The number of halogens is 1. The van der Waals surface area contributed by atoms with Gasteiger partial charge in [-0.15, -0.1) is 0 Å². The smallest absolute Gasteiger partial charge is 0.205 e. The third-order valence-electron chi connectivity index (χ3n) is 2.70. The highest BCUT2D eigenvalue weighted by molar-refractivity contribution is 9.09. The lowest BCUT2D eigenvalue weighted by molar-refractivity contribution is -0.156. The van der Waals surface area contributed by atoms with Gasteiger partial charge in [-0.2, -0.15) is 0 Å². The van der Waals surface area contributed by atoms with Gasteiger partial charge in [0.1, 0.15) is 0 Å². The second-order valence-corrected chi connectivity index (χ2v) is 4.27. The molecule has 1 saturated heterocycles. The molecule has 1 fully saturated rings. The highest BCUT2D eigenvalue weighted by atomic mass is 79.9. The summed E-state index contributed by atoms with van der Waals surface area (Å²) in [5.41, 5.74) is 1.08. The summed E-state index contributed by atoms with van der Waals surface area (Å²) >= 11 is 3.48. The SMILES string of the molecule is CCC1COC(CBr)(c2ccccc2)O1. The maximum absolute atomic E-state index is 5.96. The maximum Gasteiger partial charge on any atom is 0.205 e. The van der Waals surface area contributed by atoms with E-state index in [-0.39, 0.29) is 6.10 Å². The summed E-state index contributed by atoms with van der Waals surface area (Å²) in [6, 6.07) is 10.1. The molecule has 2 nitrogen and oxygen atoms in total. The predicted molar refractivity (Wildman–Crippen MR) is 63.0 cm³/mol. The van der Waals surface area contributed by atoms with E-state index in [0.717, 1.165) is 12.0 Å². The van der Waals surface area contributed by atoms with Gasteiger partial charge in [0.2, 0.25) is 5.79 Å². The van der Waals surface area contributed by atoms with Crippen molar-refractivity contribution in [1.29, 1.82) is 0 Å². The van der Waals surface area contributed by atoms with Gasteiger partial charge in [0.05, 0.1) is 18.0 Å². The Bertz CT molecular complexity index is 315. The van der Waals surface area contributed by atoms with Crippen molar-refractivity contribution in [1.82, 2.24) is 0 Å².